The first kappa shape index (κ1) is 37.0. The Hall–Kier alpha value is -3.02. The van der Waals surface area contributed by atoms with Crippen LogP contribution < -0.4 is 11.1 Å². The predicted octanol–water partition coefficient (Wildman–Crippen LogP) is 2.82. The second-order valence-corrected chi connectivity index (χ2v) is 12.8. The van der Waals surface area contributed by atoms with Crippen molar-refractivity contribution in [1.29, 1.82) is 0 Å². The summed E-state index contributed by atoms with van der Waals surface area (Å²) in [7, 11) is 0. The van der Waals surface area contributed by atoms with Crippen LogP contribution in [0.15, 0.2) is 0 Å². The molecule has 0 fully saturated rings. The van der Waals surface area contributed by atoms with E-state index in [9.17, 15) is 28.8 Å². The molecule has 0 aliphatic carbocycles. The lowest BCUT2D eigenvalue weighted by Gasteiger charge is -2.25. The van der Waals surface area contributed by atoms with Crippen LogP contribution in [0.5, 0.6) is 0 Å². The third-order valence-corrected chi connectivity index (χ3v) is 5.05. The lowest BCUT2D eigenvalue weighted by Crippen LogP contribution is -2.44. The monoisotopic (exact) mass is 572 g/mol. The van der Waals surface area contributed by atoms with Crippen molar-refractivity contribution >= 4 is 35.6 Å². The van der Waals surface area contributed by atoms with E-state index in [1.165, 1.54) is 0 Å². The molecule has 3 atom stereocenters. The SMILES string of the molecule is CC(C)(C)OC(=O)[C@@H](CCC(=O)N[C@H](CCC(=O)O)C(=O)OC(C)(C)C)CC(=O)CC[C@@H](N)C(=O)OC(C)(C)C. The number of carboxylic acids is 1. The molecule has 0 bridgehead atoms. The number of ether oxygens (including phenoxy) is 3. The van der Waals surface area contributed by atoms with Gasteiger partial charge in [-0.1, -0.05) is 0 Å². The van der Waals surface area contributed by atoms with Gasteiger partial charge in [0.25, 0.3) is 0 Å². The molecule has 0 aromatic heterocycles. The molecule has 12 heteroatoms. The van der Waals surface area contributed by atoms with Gasteiger partial charge in [-0.25, -0.2) is 4.79 Å². The number of nitrogens with two attached hydrogens (primary N) is 1. The Bertz CT molecular complexity index is 910. The maximum absolute atomic E-state index is 12.8. The molecule has 0 radical (unpaired) electrons. The van der Waals surface area contributed by atoms with Gasteiger partial charge in [-0.2, -0.15) is 0 Å². The highest BCUT2D eigenvalue weighted by atomic mass is 16.6. The molecule has 0 heterocycles. The van der Waals surface area contributed by atoms with Gasteiger partial charge in [-0.05, 0) is 81.6 Å². The van der Waals surface area contributed by atoms with Crippen molar-refractivity contribution in [3.63, 3.8) is 0 Å². The summed E-state index contributed by atoms with van der Waals surface area (Å²) in [5.74, 6) is -5.14. The molecule has 1 amide bonds. The summed E-state index contributed by atoms with van der Waals surface area (Å²) >= 11 is 0. The summed E-state index contributed by atoms with van der Waals surface area (Å²) in [6.45, 7) is 15.0. The summed E-state index contributed by atoms with van der Waals surface area (Å²) < 4.78 is 15.9. The molecule has 0 aromatic rings. The zero-order valence-electron chi connectivity index (χ0n) is 25.4. The first-order valence-electron chi connectivity index (χ1n) is 13.5. The van der Waals surface area contributed by atoms with E-state index >= 15 is 0 Å². The smallest absolute Gasteiger partial charge is 0.329 e. The fraction of sp³-hybridized carbons (Fsp3) is 0.786. The van der Waals surface area contributed by atoms with Crippen molar-refractivity contribution in [1.82, 2.24) is 5.32 Å². The van der Waals surface area contributed by atoms with Gasteiger partial charge >= 0.3 is 23.9 Å². The van der Waals surface area contributed by atoms with Crippen LogP contribution in [-0.2, 0) is 43.0 Å². The summed E-state index contributed by atoms with van der Waals surface area (Å²) in [6, 6.07) is -2.21. The van der Waals surface area contributed by atoms with Gasteiger partial charge in [-0.3, -0.25) is 24.0 Å². The van der Waals surface area contributed by atoms with Gasteiger partial charge in [0.2, 0.25) is 5.91 Å². The Balaban J connectivity index is 5.34. The van der Waals surface area contributed by atoms with Crippen LogP contribution in [-0.4, -0.2) is 69.6 Å². The molecule has 0 unspecified atom stereocenters. The lowest BCUT2D eigenvalue weighted by atomic mass is 9.94. The first-order chi connectivity index (χ1) is 18.0. The van der Waals surface area contributed by atoms with E-state index < -0.39 is 64.6 Å². The quantitative estimate of drug-likeness (QED) is 0.193. The molecule has 12 nitrogen and oxygen atoms in total. The van der Waals surface area contributed by atoms with Crippen LogP contribution >= 0.6 is 0 Å². The second-order valence-electron chi connectivity index (χ2n) is 12.8. The van der Waals surface area contributed by atoms with E-state index in [-0.39, 0.29) is 50.7 Å². The minimum absolute atomic E-state index is 0.0242. The summed E-state index contributed by atoms with van der Waals surface area (Å²) in [4.78, 5) is 73.8. The largest absolute Gasteiger partial charge is 0.481 e. The summed E-state index contributed by atoms with van der Waals surface area (Å²) in [5.41, 5.74) is 3.44. The van der Waals surface area contributed by atoms with Gasteiger partial charge in [0.15, 0.2) is 0 Å². The molecule has 4 N–H and O–H groups in total. The molecule has 0 aliphatic heterocycles. The number of rotatable bonds is 15. The van der Waals surface area contributed by atoms with E-state index in [2.05, 4.69) is 5.32 Å². The zero-order chi connectivity index (χ0) is 31.5. The molecule has 40 heavy (non-hydrogen) atoms. The fourth-order valence-electron chi connectivity index (χ4n) is 3.34. The third kappa shape index (κ3) is 18.3. The maximum atomic E-state index is 12.8. The van der Waals surface area contributed by atoms with Crippen molar-refractivity contribution in [2.75, 3.05) is 0 Å². The zero-order valence-corrected chi connectivity index (χ0v) is 25.4. The molecule has 230 valence electrons. The highest BCUT2D eigenvalue weighted by Crippen LogP contribution is 2.21. The van der Waals surface area contributed by atoms with E-state index in [1.807, 2.05) is 0 Å². The van der Waals surface area contributed by atoms with Crippen LogP contribution in [0.2, 0.25) is 0 Å². The molecule has 0 aliphatic rings. The van der Waals surface area contributed by atoms with Gasteiger partial charge in [-0.15, -0.1) is 0 Å². The molecular formula is C28H48N2O10. The second kappa shape index (κ2) is 15.7. The third-order valence-electron chi connectivity index (χ3n) is 5.05. The number of hydrogen-bond acceptors (Lipinski definition) is 10. The standard InChI is InChI=1S/C28H48N2O10/c1-26(2,3)38-23(35)17(16-18(31)11-12-19(29)24(36)39-27(4,5)6)10-14-21(32)30-20(13-15-22(33)34)25(37)40-28(7,8)9/h17,19-20H,10-16,29H2,1-9H3,(H,30,32)(H,33,34)/t17-,19+,20+/m0/s1. The fourth-order valence-corrected chi connectivity index (χ4v) is 3.34. The highest BCUT2D eigenvalue weighted by molar-refractivity contribution is 5.87. The minimum Gasteiger partial charge on any atom is -0.481 e. The average Bonchev–Trinajstić information content (AvgIpc) is 2.73. The van der Waals surface area contributed by atoms with Crippen molar-refractivity contribution in [2.45, 2.75) is 136 Å². The van der Waals surface area contributed by atoms with Gasteiger partial charge in [0.05, 0.1) is 5.92 Å². The summed E-state index contributed by atoms with van der Waals surface area (Å²) in [6.07, 6.45) is -1.14. The Morgan fingerprint density at radius 3 is 1.62 bits per heavy atom. The molecule has 0 saturated carbocycles. The Morgan fingerprint density at radius 1 is 0.675 bits per heavy atom. The Labute approximate surface area is 237 Å². The van der Waals surface area contributed by atoms with Crippen molar-refractivity contribution in [3.8, 4) is 0 Å². The number of carboxylic acid groups (broad SMARTS) is 1. The van der Waals surface area contributed by atoms with Gasteiger partial charge in [0.1, 0.15) is 34.7 Å². The number of esters is 3. The number of aliphatic carboxylic acids is 1. The van der Waals surface area contributed by atoms with Crippen molar-refractivity contribution in [3.05, 3.63) is 0 Å². The van der Waals surface area contributed by atoms with Crippen LogP contribution in [0.3, 0.4) is 0 Å². The van der Waals surface area contributed by atoms with Crippen molar-refractivity contribution in [2.24, 2.45) is 11.7 Å². The topological polar surface area (TPSA) is 188 Å². The van der Waals surface area contributed by atoms with Gasteiger partial charge in [0, 0.05) is 25.7 Å². The molecule has 0 saturated heterocycles. The number of amides is 1. The lowest BCUT2D eigenvalue weighted by molar-refractivity contribution is -0.162. The number of hydrogen-bond donors (Lipinski definition) is 3. The van der Waals surface area contributed by atoms with E-state index in [0.717, 1.165) is 0 Å². The van der Waals surface area contributed by atoms with Crippen molar-refractivity contribution < 1.29 is 48.1 Å². The van der Waals surface area contributed by atoms with Crippen LogP contribution in [0.1, 0.15) is 107 Å². The van der Waals surface area contributed by atoms with E-state index in [4.69, 9.17) is 25.1 Å². The van der Waals surface area contributed by atoms with Crippen LogP contribution in [0.25, 0.3) is 0 Å². The molecule has 0 spiro atoms. The maximum Gasteiger partial charge on any atom is 0.329 e. The number of carbonyl (C=O) groups is 6. The Morgan fingerprint density at radius 2 is 1.15 bits per heavy atom. The van der Waals surface area contributed by atoms with Gasteiger partial charge < -0.3 is 30.4 Å². The molecule has 0 aromatic carbocycles. The predicted molar refractivity (Wildman–Crippen MR) is 146 cm³/mol. The Kier molecular flexibility index (Phi) is 14.5. The molecular weight excluding hydrogens is 524 g/mol. The number of Topliss-reactive ketones (excluding diaryl/α,β-unsaturated/α-hetero) is 1. The average molecular weight is 573 g/mol. The number of nitrogens with one attached hydrogen (secondary N) is 1. The normalized spacial score (nSPS) is 14.3. The highest BCUT2D eigenvalue weighted by Gasteiger charge is 2.31. The number of ketones is 1. The first-order valence-corrected chi connectivity index (χ1v) is 13.5. The van der Waals surface area contributed by atoms with E-state index in [1.54, 1.807) is 62.3 Å². The summed E-state index contributed by atoms with van der Waals surface area (Å²) in [5, 5.41) is 11.5. The van der Waals surface area contributed by atoms with Crippen LogP contribution in [0, 0.1) is 5.92 Å². The van der Waals surface area contributed by atoms with E-state index in [0.29, 0.717) is 0 Å². The number of carbonyl (C=O) groups excluding carboxylic acids is 5. The minimum atomic E-state index is -1.20. The van der Waals surface area contributed by atoms with Crippen LogP contribution in [0.4, 0.5) is 0 Å². The molecule has 0 rings (SSSR count).